The molecule has 0 atom stereocenters. The van der Waals surface area contributed by atoms with E-state index in [2.05, 4.69) is 5.32 Å². The summed E-state index contributed by atoms with van der Waals surface area (Å²) in [7, 11) is 0. The lowest BCUT2D eigenvalue weighted by Crippen LogP contribution is -2.30. The fraction of sp³-hybridized carbons (Fsp3) is 0.538. The van der Waals surface area contributed by atoms with Gasteiger partial charge in [0.05, 0.1) is 15.4 Å². The number of carbonyl (C=O) groups excluding carboxylic acids is 2. The monoisotopic (exact) mass is 268 g/mol. The first-order valence-electron chi connectivity index (χ1n) is 5.99. The normalized spacial score (nSPS) is 11.1. The van der Waals surface area contributed by atoms with Crippen molar-refractivity contribution in [2.45, 2.75) is 40.7 Å². The van der Waals surface area contributed by atoms with Crippen LogP contribution in [0.2, 0.25) is 0 Å². The number of nitrogens with two attached hydrogens (primary N) is 1. The Labute approximate surface area is 112 Å². The van der Waals surface area contributed by atoms with Crippen molar-refractivity contribution >= 4 is 28.0 Å². The lowest BCUT2D eigenvalue weighted by atomic mass is 9.99. The van der Waals surface area contributed by atoms with Gasteiger partial charge in [-0.1, -0.05) is 13.8 Å². The lowest BCUT2D eigenvalue weighted by Gasteiger charge is -2.08. The molecule has 1 rings (SSSR count). The molecule has 0 saturated carbocycles. The minimum absolute atomic E-state index is 0.00940. The third kappa shape index (κ3) is 2.90. The number of nitrogens with one attached hydrogen (secondary N) is 1. The van der Waals surface area contributed by atoms with Crippen molar-refractivity contribution in [2.24, 2.45) is 5.92 Å². The molecule has 5 heteroatoms. The van der Waals surface area contributed by atoms with Crippen LogP contribution < -0.4 is 11.1 Å². The predicted molar refractivity (Wildman–Crippen MR) is 75.2 cm³/mol. The van der Waals surface area contributed by atoms with Crippen molar-refractivity contribution in [3.63, 3.8) is 0 Å². The second-order valence-corrected chi connectivity index (χ2v) is 5.99. The van der Waals surface area contributed by atoms with Gasteiger partial charge in [0, 0.05) is 12.0 Å². The fourth-order valence-corrected chi connectivity index (χ4v) is 2.66. The van der Waals surface area contributed by atoms with Crippen molar-refractivity contribution in [1.82, 2.24) is 5.32 Å². The van der Waals surface area contributed by atoms with Gasteiger partial charge in [-0.15, -0.1) is 11.3 Å². The zero-order valence-corrected chi connectivity index (χ0v) is 12.3. The van der Waals surface area contributed by atoms with Gasteiger partial charge in [-0.3, -0.25) is 9.59 Å². The summed E-state index contributed by atoms with van der Waals surface area (Å²) in [5.74, 6) is -0.298. The number of carbonyl (C=O) groups is 2. The maximum absolute atomic E-state index is 12.0. The Morgan fingerprint density at radius 1 is 1.22 bits per heavy atom. The van der Waals surface area contributed by atoms with Crippen LogP contribution in [0.25, 0.3) is 0 Å². The summed E-state index contributed by atoms with van der Waals surface area (Å²) in [4.78, 5) is 24.5. The highest BCUT2D eigenvalue weighted by Crippen LogP contribution is 2.32. The number of hydrogen-bond acceptors (Lipinski definition) is 4. The molecule has 0 aliphatic carbocycles. The molecule has 1 heterocycles. The molecule has 0 aliphatic rings. The third-order valence-electron chi connectivity index (χ3n) is 2.57. The van der Waals surface area contributed by atoms with Gasteiger partial charge in [0.15, 0.2) is 5.78 Å². The Kier molecular flexibility index (Phi) is 4.51. The van der Waals surface area contributed by atoms with Crippen molar-refractivity contribution in [1.29, 1.82) is 0 Å². The average Bonchev–Trinajstić information content (AvgIpc) is 2.52. The molecule has 0 radical (unpaired) electrons. The molecule has 0 bridgehead atoms. The Bertz CT molecular complexity index is 476. The smallest absolute Gasteiger partial charge is 0.261 e. The maximum atomic E-state index is 12.0. The molecule has 0 aliphatic heterocycles. The first-order chi connectivity index (χ1) is 8.25. The number of rotatable bonds is 4. The second-order valence-electron chi connectivity index (χ2n) is 4.94. The molecular formula is C13H20N2O2S. The van der Waals surface area contributed by atoms with Gasteiger partial charge < -0.3 is 11.1 Å². The Balaban J connectivity index is 3.16. The number of Topliss-reactive ketones (excluding diaryl/α,β-unsaturated/α-hetero) is 1. The number of thiophene rings is 1. The summed E-state index contributed by atoms with van der Waals surface area (Å²) in [5.41, 5.74) is 7.06. The largest absolute Gasteiger partial charge is 0.390 e. The minimum atomic E-state index is -0.165. The zero-order valence-electron chi connectivity index (χ0n) is 11.5. The minimum Gasteiger partial charge on any atom is -0.390 e. The van der Waals surface area contributed by atoms with E-state index in [0.29, 0.717) is 21.0 Å². The Morgan fingerprint density at radius 3 is 2.22 bits per heavy atom. The van der Waals surface area contributed by atoms with Crippen molar-refractivity contribution < 1.29 is 9.59 Å². The van der Waals surface area contributed by atoms with Crippen LogP contribution >= 0.6 is 11.3 Å². The highest BCUT2D eigenvalue weighted by Gasteiger charge is 2.24. The molecule has 0 fully saturated rings. The van der Waals surface area contributed by atoms with Crippen LogP contribution in [0.1, 0.15) is 53.3 Å². The van der Waals surface area contributed by atoms with Gasteiger partial charge >= 0.3 is 0 Å². The van der Waals surface area contributed by atoms with E-state index < -0.39 is 0 Å². The molecule has 4 nitrogen and oxygen atoms in total. The average molecular weight is 268 g/mol. The number of hydrogen-bond donors (Lipinski definition) is 2. The van der Waals surface area contributed by atoms with Crippen LogP contribution in [0.3, 0.4) is 0 Å². The fourth-order valence-electron chi connectivity index (χ4n) is 1.68. The topological polar surface area (TPSA) is 72.2 Å². The summed E-state index contributed by atoms with van der Waals surface area (Å²) in [6.45, 7) is 9.21. The van der Waals surface area contributed by atoms with Crippen LogP contribution in [-0.2, 0) is 0 Å². The van der Waals surface area contributed by atoms with Crippen LogP contribution in [0, 0.1) is 12.8 Å². The van der Waals surface area contributed by atoms with Gasteiger partial charge in [0.2, 0.25) is 0 Å². The van der Waals surface area contributed by atoms with Crippen LogP contribution in [0.5, 0.6) is 0 Å². The molecule has 0 aromatic carbocycles. The van der Waals surface area contributed by atoms with E-state index in [1.165, 1.54) is 11.3 Å². The maximum Gasteiger partial charge on any atom is 0.261 e. The SMILES string of the molecule is Cc1c(C(=O)NC(C)C)sc(N)c1C(=O)C(C)C. The van der Waals surface area contributed by atoms with E-state index in [1.54, 1.807) is 6.92 Å². The van der Waals surface area contributed by atoms with Gasteiger partial charge in [-0.05, 0) is 26.3 Å². The summed E-state index contributed by atoms with van der Waals surface area (Å²) in [5, 5.41) is 3.24. The van der Waals surface area contributed by atoms with Crippen molar-refractivity contribution in [3.8, 4) is 0 Å². The molecular weight excluding hydrogens is 248 g/mol. The zero-order chi connectivity index (χ0) is 14.0. The molecule has 100 valence electrons. The van der Waals surface area contributed by atoms with Crippen LogP contribution in [0.15, 0.2) is 0 Å². The molecule has 1 aromatic heterocycles. The summed E-state index contributed by atoms with van der Waals surface area (Å²) in [6, 6.07) is 0.0597. The van der Waals surface area contributed by atoms with Gasteiger partial charge in [-0.2, -0.15) is 0 Å². The standard InChI is InChI=1S/C13H20N2O2S/c1-6(2)10(16)9-8(5)11(18-12(9)14)13(17)15-7(3)4/h6-7H,14H2,1-5H3,(H,15,17). The second kappa shape index (κ2) is 5.52. The first kappa shape index (κ1) is 14.7. The first-order valence-corrected chi connectivity index (χ1v) is 6.81. The third-order valence-corrected chi connectivity index (χ3v) is 3.69. The molecule has 1 aromatic rings. The number of anilines is 1. The number of amides is 1. The molecule has 0 saturated heterocycles. The van der Waals surface area contributed by atoms with Gasteiger partial charge in [0.25, 0.3) is 5.91 Å². The van der Waals surface area contributed by atoms with E-state index in [-0.39, 0.29) is 23.7 Å². The lowest BCUT2D eigenvalue weighted by molar-refractivity contribution is 0.0940. The van der Waals surface area contributed by atoms with E-state index in [0.717, 1.165) is 0 Å². The van der Waals surface area contributed by atoms with Crippen molar-refractivity contribution in [2.75, 3.05) is 5.73 Å². The summed E-state index contributed by atoms with van der Waals surface area (Å²) in [6.07, 6.45) is 0. The van der Waals surface area contributed by atoms with Gasteiger partial charge in [-0.25, -0.2) is 0 Å². The Morgan fingerprint density at radius 2 is 1.78 bits per heavy atom. The van der Waals surface area contributed by atoms with E-state index in [4.69, 9.17) is 5.73 Å². The van der Waals surface area contributed by atoms with Crippen LogP contribution in [0.4, 0.5) is 5.00 Å². The molecule has 0 spiro atoms. The van der Waals surface area contributed by atoms with E-state index >= 15 is 0 Å². The highest BCUT2D eigenvalue weighted by molar-refractivity contribution is 7.18. The highest BCUT2D eigenvalue weighted by atomic mass is 32.1. The molecule has 0 unspecified atom stereocenters. The van der Waals surface area contributed by atoms with E-state index in [9.17, 15) is 9.59 Å². The number of ketones is 1. The molecule has 18 heavy (non-hydrogen) atoms. The summed E-state index contributed by atoms with van der Waals surface area (Å²) < 4.78 is 0. The summed E-state index contributed by atoms with van der Waals surface area (Å²) >= 11 is 1.18. The number of nitrogen functional groups attached to an aromatic ring is 1. The predicted octanol–water partition coefficient (Wildman–Crippen LogP) is 2.62. The Hall–Kier alpha value is -1.36. The molecule has 1 amide bonds. The van der Waals surface area contributed by atoms with Crippen LogP contribution in [-0.4, -0.2) is 17.7 Å². The van der Waals surface area contributed by atoms with E-state index in [1.807, 2.05) is 27.7 Å². The van der Waals surface area contributed by atoms with Crippen molar-refractivity contribution in [3.05, 3.63) is 16.0 Å². The van der Waals surface area contributed by atoms with Gasteiger partial charge in [0.1, 0.15) is 0 Å². The molecule has 3 N–H and O–H groups in total. The quantitative estimate of drug-likeness (QED) is 0.824.